The van der Waals surface area contributed by atoms with Crippen molar-refractivity contribution in [3.8, 4) is 0 Å². The van der Waals surface area contributed by atoms with Gasteiger partial charge in [0.2, 0.25) is 5.91 Å². The number of alkyl halides is 3. The Morgan fingerprint density at radius 2 is 1.76 bits per heavy atom. The highest BCUT2D eigenvalue weighted by Crippen LogP contribution is 2.33. The lowest BCUT2D eigenvalue weighted by Crippen LogP contribution is -2.48. The molecule has 29 heavy (non-hydrogen) atoms. The van der Waals surface area contributed by atoms with Crippen LogP contribution in [0.15, 0.2) is 36.4 Å². The van der Waals surface area contributed by atoms with E-state index in [0.29, 0.717) is 18.1 Å². The van der Waals surface area contributed by atoms with Crippen LogP contribution in [-0.2, 0) is 11.0 Å². The molecule has 0 saturated carbocycles. The Morgan fingerprint density at radius 3 is 2.41 bits per heavy atom. The summed E-state index contributed by atoms with van der Waals surface area (Å²) in [4.78, 5) is 16.5. The van der Waals surface area contributed by atoms with Gasteiger partial charge >= 0.3 is 6.18 Å². The molecule has 1 aliphatic heterocycles. The molecule has 1 fully saturated rings. The van der Waals surface area contributed by atoms with Crippen LogP contribution in [0.5, 0.6) is 0 Å². The van der Waals surface area contributed by atoms with Gasteiger partial charge in [-0.3, -0.25) is 9.69 Å². The Balaban J connectivity index is 1.57. The minimum absolute atomic E-state index is 0.0420. The molecule has 0 aromatic heterocycles. The molecular weight excluding hydrogens is 426 g/mol. The third-order valence-electron chi connectivity index (χ3n) is 4.82. The molecular formula is C20H20Cl2F3N3O. The normalized spacial score (nSPS) is 15.4. The molecule has 3 rings (SSSR count). The highest BCUT2D eigenvalue weighted by molar-refractivity contribution is 6.33. The van der Waals surface area contributed by atoms with Gasteiger partial charge in [-0.15, -0.1) is 0 Å². The Hall–Kier alpha value is -1.96. The minimum atomic E-state index is -4.50. The van der Waals surface area contributed by atoms with Gasteiger partial charge in [0.05, 0.1) is 22.8 Å². The van der Waals surface area contributed by atoms with E-state index in [-0.39, 0.29) is 17.3 Å². The number of hydrogen-bond donors (Lipinski definition) is 1. The maximum absolute atomic E-state index is 12.9. The zero-order valence-electron chi connectivity index (χ0n) is 15.7. The average Bonchev–Trinajstić information content (AvgIpc) is 2.65. The number of nitrogens with zero attached hydrogens (tertiary/aromatic N) is 2. The van der Waals surface area contributed by atoms with Gasteiger partial charge in [0.25, 0.3) is 0 Å². The van der Waals surface area contributed by atoms with Gasteiger partial charge in [-0.2, -0.15) is 13.2 Å². The van der Waals surface area contributed by atoms with E-state index < -0.39 is 17.6 Å². The van der Waals surface area contributed by atoms with Gasteiger partial charge in [-0.05, 0) is 42.8 Å². The number of halogens is 5. The smallest absolute Gasteiger partial charge is 0.369 e. The van der Waals surface area contributed by atoms with Crippen LogP contribution in [-0.4, -0.2) is 43.5 Å². The number of carbonyl (C=O) groups excluding carboxylic acids is 1. The van der Waals surface area contributed by atoms with Crippen molar-refractivity contribution in [1.82, 2.24) is 4.90 Å². The molecule has 4 nitrogen and oxygen atoms in total. The van der Waals surface area contributed by atoms with Crippen molar-refractivity contribution < 1.29 is 18.0 Å². The SMILES string of the molecule is Cc1ccc(Cl)cc1N1CCN(CC(=O)Nc2cc(C(F)(F)F)ccc2Cl)CC1. The van der Waals surface area contributed by atoms with Gasteiger partial charge in [0.15, 0.2) is 0 Å². The number of piperazine rings is 1. The largest absolute Gasteiger partial charge is 0.416 e. The van der Waals surface area contributed by atoms with Crippen molar-refractivity contribution in [3.63, 3.8) is 0 Å². The second-order valence-electron chi connectivity index (χ2n) is 6.93. The van der Waals surface area contributed by atoms with Gasteiger partial charge in [-0.1, -0.05) is 29.3 Å². The Labute approximate surface area is 177 Å². The second kappa shape index (κ2) is 8.81. The molecule has 0 aliphatic carbocycles. The second-order valence-corrected chi connectivity index (χ2v) is 7.78. The van der Waals surface area contributed by atoms with Crippen molar-refractivity contribution in [2.75, 3.05) is 42.9 Å². The molecule has 1 aliphatic rings. The number of rotatable bonds is 4. The van der Waals surface area contributed by atoms with E-state index in [4.69, 9.17) is 23.2 Å². The number of amides is 1. The number of nitrogens with one attached hydrogen (secondary N) is 1. The van der Waals surface area contributed by atoms with Crippen molar-refractivity contribution in [2.45, 2.75) is 13.1 Å². The summed E-state index contributed by atoms with van der Waals surface area (Å²) in [5, 5.41) is 3.22. The van der Waals surface area contributed by atoms with E-state index in [2.05, 4.69) is 10.2 Å². The third kappa shape index (κ3) is 5.56. The molecule has 1 heterocycles. The van der Waals surface area contributed by atoms with E-state index in [0.717, 1.165) is 42.5 Å². The van der Waals surface area contributed by atoms with Gasteiger partial charge in [0.1, 0.15) is 0 Å². The molecule has 0 unspecified atom stereocenters. The van der Waals surface area contributed by atoms with Gasteiger partial charge < -0.3 is 10.2 Å². The third-order valence-corrected chi connectivity index (χ3v) is 5.38. The monoisotopic (exact) mass is 445 g/mol. The molecule has 0 bridgehead atoms. The molecule has 2 aromatic rings. The summed E-state index contributed by atoms with van der Waals surface area (Å²) < 4.78 is 38.6. The predicted molar refractivity (Wildman–Crippen MR) is 110 cm³/mol. The number of anilines is 2. The molecule has 1 saturated heterocycles. The quantitative estimate of drug-likeness (QED) is 0.712. The van der Waals surface area contributed by atoms with Crippen molar-refractivity contribution in [2.24, 2.45) is 0 Å². The number of aryl methyl sites for hydroxylation is 1. The summed E-state index contributed by atoms with van der Waals surface area (Å²) in [7, 11) is 0. The van der Waals surface area contributed by atoms with Crippen molar-refractivity contribution in [3.05, 3.63) is 57.6 Å². The maximum atomic E-state index is 12.9. The summed E-state index contributed by atoms with van der Waals surface area (Å²) in [6.07, 6.45) is -4.50. The van der Waals surface area contributed by atoms with Crippen LogP contribution in [0.4, 0.5) is 24.5 Å². The van der Waals surface area contributed by atoms with Gasteiger partial charge in [0, 0.05) is 36.9 Å². The predicted octanol–water partition coefficient (Wildman–Crippen LogP) is 5.08. The lowest BCUT2D eigenvalue weighted by Gasteiger charge is -2.36. The first-order chi connectivity index (χ1) is 13.6. The van der Waals surface area contributed by atoms with Gasteiger partial charge in [-0.25, -0.2) is 0 Å². The summed E-state index contributed by atoms with van der Waals surface area (Å²) >= 11 is 12.0. The topological polar surface area (TPSA) is 35.6 Å². The zero-order chi connectivity index (χ0) is 21.2. The summed E-state index contributed by atoms with van der Waals surface area (Å²) in [6, 6.07) is 8.60. The molecule has 9 heteroatoms. The molecule has 0 radical (unpaired) electrons. The van der Waals surface area contributed by atoms with E-state index in [1.807, 2.05) is 30.0 Å². The Morgan fingerprint density at radius 1 is 1.07 bits per heavy atom. The van der Waals surface area contributed by atoms with Crippen LogP contribution in [0, 0.1) is 6.92 Å². The summed E-state index contributed by atoms with van der Waals surface area (Å²) in [5.41, 5.74) is 1.29. The van der Waals surface area contributed by atoms with Crippen LogP contribution in [0.25, 0.3) is 0 Å². The first kappa shape index (κ1) is 21.7. The Bertz CT molecular complexity index is 897. The van der Waals surface area contributed by atoms with E-state index in [9.17, 15) is 18.0 Å². The highest BCUT2D eigenvalue weighted by atomic mass is 35.5. The van der Waals surface area contributed by atoms with E-state index in [1.54, 1.807) is 0 Å². The minimum Gasteiger partial charge on any atom is -0.369 e. The lowest BCUT2D eigenvalue weighted by atomic mass is 10.1. The highest BCUT2D eigenvalue weighted by Gasteiger charge is 2.31. The Kier molecular flexibility index (Phi) is 6.61. The van der Waals surface area contributed by atoms with Crippen molar-refractivity contribution >= 4 is 40.5 Å². The fourth-order valence-electron chi connectivity index (χ4n) is 3.26. The van der Waals surface area contributed by atoms with Crippen LogP contribution in [0.2, 0.25) is 10.0 Å². The molecule has 0 spiro atoms. The average molecular weight is 446 g/mol. The standard InChI is InChI=1S/C20H20Cl2F3N3O/c1-13-2-4-15(21)11-18(13)28-8-6-27(7-9-28)12-19(29)26-17-10-14(20(23,24)25)3-5-16(17)22/h2-5,10-11H,6-9,12H2,1H3,(H,26,29). The number of carbonyl (C=O) groups is 1. The number of hydrogen-bond acceptors (Lipinski definition) is 3. The van der Waals surface area contributed by atoms with Crippen LogP contribution in [0.3, 0.4) is 0 Å². The summed E-state index contributed by atoms with van der Waals surface area (Å²) in [5.74, 6) is -0.404. The van der Waals surface area contributed by atoms with Crippen LogP contribution in [0.1, 0.15) is 11.1 Å². The van der Waals surface area contributed by atoms with Crippen molar-refractivity contribution in [1.29, 1.82) is 0 Å². The van der Waals surface area contributed by atoms with E-state index >= 15 is 0 Å². The lowest BCUT2D eigenvalue weighted by molar-refractivity contribution is -0.137. The zero-order valence-corrected chi connectivity index (χ0v) is 17.2. The molecule has 156 valence electrons. The molecule has 0 atom stereocenters. The van der Waals surface area contributed by atoms with Crippen LogP contribution >= 0.6 is 23.2 Å². The number of benzene rings is 2. The molecule has 2 aromatic carbocycles. The first-order valence-electron chi connectivity index (χ1n) is 9.03. The molecule has 1 amide bonds. The fraction of sp³-hybridized carbons (Fsp3) is 0.350. The first-order valence-corrected chi connectivity index (χ1v) is 9.79. The van der Waals surface area contributed by atoms with E-state index in [1.165, 1.54) is 0 Å². The molecule has 1 N–H and O–H groups in total. The fourth-order valence-corrected chi connectivity index (χ4v) is 3.59. The summed E-state index contributed by atoms with van der Waals surface area (Å²) in [6.45, 7) is 4.84. The maximum Gasteiger partial charge on any atom is 0.416 e. The van der Waals surface area contributed by atoms with Crippen LogP contribution < -0.4 is 10.2 Å².